The van der Waals surface area contributed by atoms with Gasteiger partial charge in [-0.15, -0.1) is 0 Å². The number of aromatic nitrogens is 3. The number of aromatic amines is 2. The molecule has 0 aliphatic rings. The molecule has 0 aromatic carbocycles. The SMILES string of the molecule is Cc1[nH]c(=O)[nH]c(=O)c1CCC(=O)NCc1cccnc1N(C)C. The molecule has 0 aliphatic carbocycles. The molecule has 0 atom stereocenters. The van der Waals surface area contributed by atoms with E-state index in [1.54, 1.807) is 13.1 Å². The smallest absolute Gasteiger partial charge is 0.325 e. The van der Waals surface area contributed by atoms with Gasteiger partial charge in [0.2, 0.25) is 5.91 Å². The molecule has 0 radical (unpaired) electrons. The van der Waals surface area contributed by atoms with Gasteiger partial charge in [-0.3, -0.25) is 14.6 Å². The van der Waals surface area contributed by atoms with E-state index >= 15 is 0 Å². The van der Waals surface area contributed by atoms with Crippen molar-refractivity contribution < 1.29 is 4.79 Å². The van der Waals surface area contributed by atoms with Gasteiger partial charge in [-0.05, 0) is 19.4 Å². The summed E-state index contributed by atoms with van der Waals surface area (Å²) in [6.07, 6.45) is 2.12. The Labute approximate surface area is 138 Å². The molecule has 0 saturated carbocycles. The summed E-state index contributed by atoms with van der Waals surface area (Å²) in [7, 11) is 3.78. The van der Waals surface area contributed by atoms with Gasteiger partial charge in [-0.2, -0.15) is 0 Å². The number of nitrogens with one attached hydrogen (secondary N) is 3. The Balaban J connectivity index is 1.96. The Hall–Kier alpha value is -2.90. The zero-order valence-electron chi connectivity index (χ0n) is 14.0. The first kappa shape index (κ1) is 17.5. The first-order valence-corrected chi connectivity index (χ1v) is 7.58. The van der Waals surface area contributed by atoms with E-state index in [1.807, 2.05) is 31.1 Å². The molecule has 0 aliphatic heterocycles. The van der Waals surface area contributed by atoms with Crippen LogP contribution in [0.15, 0.2) is 27.9 Å². The minimum absolute atomic E-state index is 0.160. The van der Waals surface area contributed by atoms with Crippen molar-refractivity contribution in [1.29, 1.82) is 0 Å². The fraction of sp³-hybridized carbons (Fsp3) is 0.375. The van der Waals surface area contributed by atoms with E-state index in [-0.39, 0.29) is 18.7 Å². The van der Waals surface area contributed by atoms with E-state index in [0.29, 0.717) is 17.8 Å². The number of amides is 1. The third kappa shape index (κ3) is 4.31. The highest BCUT2D eigenvalue weighted by Crippen LogP contribution is 2.13. The molecular formula is C16H21N5O3. The summed E-state index contributed by atoms with van der Waals surface area (Å²) < 4.78 is 0. The lowest BCUT2D eigenvalue weighted by Crippen LogP contribution is -2.29. The largest absolute Gasteiger partial charge is 0.362 e. The molecule has 2 aromatic heterocycles. The lowest BCUT2D eigenvalue weighted by Gasteiger charge is -2.16. The first-order chi connectivity index (χ1) is 11.4. The van der Waals surface area contributed by atoms with E-state index in [9.17, 15) is 14.4 Å². The van der Waals surface area contributed by atoms with Gasteiger partial charge >= 0.3 is 5.69 Å². The predicted octanol–water partition coefficient (Wildman–Crippen LogP) is 0.0816. The molecule has 8 nitrogen and oxygen atoms in total. The molecule has 24 heavy (non-hydrogen) atoms. The molecule has 0 unspecified atom stereocenters. The first-order valence-electron chi connectivity index (χ1n) is 7.58. The minimum Gasteiger partial charge on any atom is -0.362 e. The van der Waals surface area contributed by atoms with Crippen LogP contribution in [-0.2, 0) is 17.8 Å². The lowest BCUT2D eigenvalue weighted by atomic mass is 10.1. The highest BCUT2D eigenvalue weighted by molar-refractivity contribution is 5.76. The summed E-state index contributed by atoms with van der Waals surface area (Å²) in [5.74, 6) is 0.624. The van der Waals surface area contributed by atoms with Crippen LogP contribution in [0.4, 0.5) is 5.82 Å². The molecule has 2 heterocycles. The van der Waals surface area contributed by atoms with Crippen molar-refractivity contribution in [3.63, 3.8) is 0 Å². The van der Waals surface area contributed by atoms with Crippen molar-refractivity contribution in [3.8, 4) is 0 Å². The highest BCUT2D eigenvalue weighted by Gasteiger charge is 2.10. The molecular weight excluding hydrogens is 310 g/mol. The van der Waals surface area contributed by atoms with Crippen LogP contribution in [0.3, 0.4) is 0 Å². The number of rotatable bonds is 6. The van der Waals surface area contributed by atoms with E-state index in [2.05, 4.69) is 20.3 Å². The normalized spacial score (nSPS) is 10.5. The van der Waals surface area contributed by atoms with Crippen LogP contribution in [0, 0.1) is 6.92 Å². The standard InChI is InChI=1S/C16H21N5O3/c1-10-12(15(23)20-16(24)19-10)6-7-13(22)18-9-11-5-4-8-17-14(11)21(2)3/h4-5,8H,6-7,9H2,1-3H3,(H,18,22)(H2,19,20,23,24). The van der Waals surface area contributed by atoms with E-state index in [0.717, 1.165) is 11.4 Å². The topological polar surface area (TPSA) is 111 Å². The average molecular weight is 331 g/mol. The van der Waals surface area contributed by atoms with Crippen molar-refractivity contribution in [1.82, 2.24) is 20.3 Å². The van der Waals surface area contributed by atoms with Gasteiger partial charge < -0.3 is 15.2 Å². The molecule has 3 N–H and O–H groups in total. The van der Waals surface area contributed by atoms with Gasteiger partial charge in [-0.1, -0.05) is 6.07 Å². The van der Waals surface area contributed by atoms with Crippen molar-refractivity contribution in [2.75, 3.05) is 19.0 Å². The third-order valence-electron chi connectivity index (χ3n) is 3.62. The van der Waals surface area contributed by atoms with E-state index in [1.165, 1.54) is 0 Å². The molecule has 2 aromatic rings. The van der Waals surface area contributed by atoms with Crippen LogP contribution in [-0.4, -0.2) is 35.0 Å². The monoisotopic (exact) mass is 331 g/mol. The number of carbonyl (C=O) groups is 1. The quantitative estimate of drug-likeness (QED) is 0.694. The second-order valence-corrected chi connectivity index (χ2v) is 5.67. The lowest BCUT2D eigenvalue weighted by molar-refractivity contribution is -0.121. The van der Waals surface area contributed by atoms with Crippen LogP contribution in [0.2, 0.25) is 0 Å². The number of anilines is 1. The number of nitrogens with zero attached hydrogens (tertiary/aromatic N) is 2. The van der Waals surface area contributed by atoms with Crippen LogP contribution in [0.1, 0.15) is 23.2 Å². The van der Waals surface area contributed by atoms with Gasteiger partial charge in [0.05, 0.1) is 0 Å². The van der Waals surface area contributed by atoms with Crippen molar-refractivity contribution in [3.05, 3.63) is 56.0 Å². The minimum atomic E-state index is -0.543. The van der Waals surface area contributed by atoms with Crippen LogP contribution in [0.5, 0.6) is 0 Å². The van der Waals surface area contributed by atoms with Gasteiger partial charge in [0.15, 0.2) is 0 Å². The Kier molecular flexibility index (Phi) is 5.51. The van der Waals surface area contributed by atoms with Crippen molar-refractivity contribution in [2.24, 2.45) is 0 Å². The highest BCUT2D eigenvalue weighted by atomic mass is 16.2. The maximum absolute atomic E-state index is 12.0. The van der Waals surface area contributed by atoms with Gasteiger partial charge in [0.1, 0.15) is 5.82 Å². The van der Waals surface area contributed by atoms with Crippen molar-refractivity contribution >= 4 is 11.7 Å². The van der Waals surface area contributed by atoms with Gasteiger partial charge in [-0.25, -0.2) is 9.78 Å². The molecule has 0 saturated heterocycles. The Morgan fingerprint density at radius 3 is 2.71 bits per heavy atom. The number of hydrogen-bond donors (Lipinski definition) is 3. The van der Waals surface area contributed by atoms with Gasteiger partial charge in [0.25, 0.3) is 5.56 Å². The summed E-state index contributed by atoms with van der Waals surface area (Å²) in [5, 5.41) is 2.82. The second-order valence-electron chi connectivity index (χ2n) is 5.67. The van der Waals surface area contributed by atoms with Crippen molar-refractivity contribution in [2.45, 2.75) is 26.3 Å². The maximum atomic E-state index is 12.0. The van der Waals surface area contributed by atoms with E-state index < -0.39 is 11.2 Å². The third-order valence-corrected chi connectivity index (χ3v) is 3.62. The fourth-order valence-electron chi connectivity index (χ4n) is 2.42. The Morgan fingerprint density at radius 2 is 2.04 bits per heavy atom. The maximum Gasteiger partial charge on any atom is 0.325 e. The predicted molar refractivity (Wildman–Crippen MR) is 91.2 cm³/mol. The zero-order chi connectivity index (χ0) is 17.7. The molecule has 128 valence electrons. The summed E-state index contributed by atoms with van der Waals surface area (Å²) in [6, 6.07) is 3.72. The Bertz CT molecular complexity index is 838. The molecule has 0 spiro atoms. The molecule has 0 fully saturated rings. The second kappa shape index (κ2) is 7.58. The molecule has 2 rings (SSSR count). The summed E-state index contributed by atoms with van der Waals surface area (Å²) in [4.78, 5) is 45.8. The number of carbonyl (C=O) groups excluding carboxylic acids is 1. The van der Waals surface area contributed by atoms with Gasteiger partial charge in [0, 0.05) is 50.1 Å². The summed E-state index contributed by atoms with van der Waals surface area (Å²) in [6.45, 7) is 2.00. The zero-order valence-corrected chi connectivity index (χ0v) is 14.0. The number of aryl methyl sites for hydroxylation is 1. The average Bonchev–Trinajstić information content (AvgIpc) is 2.52. The molecule has 0 bridgehead atoms. The summed E-state index contributed by atoms with van der Waals surface area (Å²) >= 11 is 0. The van der Waals surface area contributed by atoms with Crippen LogP contribution in [0.25, 0.3) is 0 Å². The number of hydrogen-bond acceptors (Lipinski definition) is 5. The summed E-state index contributed by atoms with van der Waals surface area (Å²) in [5.41, 5.74) is 0.817. The molecule has 8 heteroatoms. The number of pyridine rings is 1. The Morgan fingerprint density at radius 1 is 1.29 bits per heavy atom. The number of H-pyrrole nitrogens is 2. The van der Waals surface area contributed by atoms with Crippen LogP contribution >= 0.6 is 0 Å². The molecule has 1 amide bonds. The van der Waals surface area contributed by atoms with E-state index in [4.69, 9.17) is 0 Å². The fourth-order valence-corrected chi connectivity index (χ4v) is 2.42. The van der Waals surface area contributed by atoms with Crippen LogP contribution < -0.4 is 21.5 Å².